The molecule has 0 aliphatic carbocycles. The van der Waals surface area contributed by atoms with E-state index in [1.807, 2.05) is 35.1 Å². The first-order valence-corrected chi connectivity index (χ1v) is 7.72. The molecule has 23 heavy (non-hydrogen) atoms. The van der Waals surface area contributed by atoms with Crippen LogP contribution in [-0.2, 0) is 4.79 Å². The fraction of sp³-hybridized carbons (Fsp3) is 0.375. The smallest absolute Gasteiger partial charge is 0.236 e. The van der Waals surface area contributed by atoms with Crippen LogP contribution in [0.3, 0.4) is 0 Å². The highest BCUT2D eigenvalue weighted by molar-refractivity contribution is 5.78. The van der Waals surface area contributed by atoms with E-state index in [1.54, 1.807) is 11.1 Å². The Morgan fingerprint density at radius 1 is 1.43 bits per heavy atom. The zero-order valence-electron chi connectivity index (χ0n) is 12.6. The van der Waals surface area contributed by atoms with Gasteiger partial charge in [0, 0.05) is 31.3 Å². The van der Waals surface area contributed by atoms with Gasteiger partial charge in [0.05, 0.1) is 24.0 Å². The number of nitrogens with zero attached hydrogens (tertiary/aromatic N) is 6. The van der Waals surface area contributed by atoms with Gasteiger partial charge in [-0.25, -0.2) is 9.50 Å². The van der Waals surface area contributed by atoms with Gasteiger partial charge in [0.2, 0.25) is 5.91 Å². The fourth-order valence-corrected chi connectivity index (χ4v) is 3.38. The molecule has 4 rings (SSSR count). The quantitative estimate of drug-likeness (QED) is 0.720. The van der Waals surface area contributed by atoms with Crippen molar-refractivity contribution in [3.05, 3.63) is 36.5 Å². The van der Waals surface area contributed by atoms with E-state index in [-0.39, 0.29) is 18.2 Å². The van der Waals surface area contributed by atoms with Crippen molar-refractivity contribution >= 4 is 17.1 Å². The molecule has 1 atom stereocenters. The summed E-state index contributed by atoms with van der Waals surface area (Å²) in [6, 6.07) is 5.88. The van der Waals surface area contributed by atoms with Crippen molar-refractivity contribution in [1.82, 2.24) is 23.9 Å². The van der Waals surface area contributed by atoms with Gasteiger partial charge in [-0.2, -0.15) is 10.4 Å². The molecule has 7 nitrogen and oxygen atoms in total. The third-order valence-electron chi connectivity index (χ3n) is 4.45. The lowest BCUT2D eigenvalue weighted by Crippen LogP contribution is -2.39. The number of fused-ring (bicyclic) bond motifs is 3. The molecule has 1 aliphatic rings. The number of carbonyl (C=O) groups is 1. The monoisotopic (exact) mass is 308 g/mol. The molecule has 3 aromatic heterocycles. The van der Waals surface area contributed by atoms with Crippen LogP contribution in [0.2, 0.25) is 0 Å². The molecule has 1 aliphatic heterocycles. The van der Waals surface area contributed by atoms with Crippen molar-refractivity contribution in [2.24, 2.45) is 0 Å². The third-order valence-corrected chi connectivity index (χ3v) is 4.45. The van der Waals surface area contributed by atoms with E-state index < -0.39 is 0 Å². The molecule has 0 aromatic carbocycles. The lowest BCUT2D eigenvalue weighted by Gasteiger charge is -2.31. The van der Waals surface area contributed by atoms with Crippen molar-refractivity contribution < 1.29 is 4.79 Å². The summed E-state index contributed by atoms with van der Waals surface area (Å²) < 4.78 is 3.93. The van der Waals surface area contributed by atoms with Gasteiger partial charge in [0.15, 0.2) is 0 Å². The second kappa shape index (κ2) is 5.39. The van der Waals surface area contributed by atoms with Crippen LogP contribution >= 0.6 is 0 Å². The first-order chi connectivity index (χ1) is 11.3. The van der Waals surface area contributed by atoms with E-state index in [0.29, 0.717) is 6.54 Å². The summed E-state index contributed by atoms with van der Waals surface area (Å²) in [4.78, 5) is 18.4. The maximum Gasteiger partial charge on any atom is 0.236 e. The Morgan fingerprint density at radius 3 is 3.22 bits per heavy atom. The van der Waals surface area contributed by atoms with Crippen molar-refractivity contribution in [3.63, 3.8) is 0 Å². The average molecular weight is 308 g/mol. The normalized spacial score (nSPS) is 18.4. The van der Waals surface area contributed by atoms with E-state index >= 15 is 0 Å². The molecule has 1 saturated heterocycles. The highest BCUT2D eigenvalue weighted by Crippen LogP contribution is 2.28. The first-order valence-electron chi connectivity index (χ1n) is 7.72. The summed E-state index contributed by atoms with van der Waals surface area (Å²) in [5.41, 5.74) is 1.99. The molecule has 0 bridgehead atoms. The van der Waals surface area contributed by atoms with Gasteiger partial charge in [0.25, 0.3) is 0 Å². The number of likely N-dealkylation sites (tertiary alicyclic amines) is 1. The van der Waals surface area contributed by atoms with Gasteiger partial charge in [0.1, 0.15) is 17.9 Å². The van der Waals surface area contributed by atoms with Crippen molar-refractivity contribution in [1.29, 1.82) is 5.26 Å². The molecule has 4 heterocycles. The number of piperidine rings is 1. The number of amides is 1. The minimum absolute atomic E-state index is 0.0537. The molecule has 7 heteroatoms. The molecule has 0 saturated carbocycles. The molecule has 116 valence electrons. The molecular formula is C16H16N6O. The maximum absolute atomic E-state index is 12.0. The number of carbonyl (C=O) groups excluding carboxylic acids is 1. The fourth-order valence-electron chi connectivity index (χ4n) is 3.38. The molecule has 0 N–H and O–H groups in total. The van der Waals surface area contributed by atoms with Crippen molar-refractivity contribution in [3.8, 4) is 6.07 Å². The van der Waals surface area contributed by atoms with Gasteiger partial charge in [-0.15, -0.1) is 0 Å². The molecule has 1 fully saturated rings. The Kier molecular flexibility index (Phi) is 3.23. The van der Waals surface area contributed by atoms with Crippen molar-refractivity contribution in [2.45, 2.75) is 25.2 Å². The average Bonchev–Trinajstić information content (AvgIpc) is 3.21. The van der Waals surface area contributed by atoms with Gasteiger partial charge in [-0.05, 0) is 18.9 Å². The standard InChI is InChI=1S/C16H16N6O/c17-6-3-15(23)20-8-1-2-12(11-20)16-18-10-13-5-9-21-14(22(13)16)4-7-19-21/h4-5,7,9-10,12H,1-3,8,11H2. The Bertz CT molecular complexity index is 918. The minimum Gasteiger partial charge on any atom is -0.341 e. The van der Waals surface area contributed by atoms with Crippen LogP contribution in [0.25, 0.3) is 11.2 Å². The summed E-state index contributed by atoms with van der Waals surface area (Å²) >= 11 is 0. The molecule has 1 unspecified atom stereocenters. The highest BCUT2D eigenvalue weighted by Gasteiger charge is 2.27. The van der Waals surface area contributed by atoms with Gasteiger partial charge in [-0.1, -0.05) is 0 Å². The molecule has 0 spiro atoms. The molecule has 3 aromatic rings. The topological polar surface area (TPSA) is 78.7 Å². The summed E-state index contributed by atoms with van der Waals surface area (Å²) in [6.45, 7) is 1.34. The number of hydrogen-bond donors (Lipinski definition) is 0. The largest absolute Gasteiger partial charge is 0.341 e. The van der Waals surface area contributed by atoms with Crippen LogP contribution in [0.1, 0.15) is 31.0 Å². The van der Waals surface area contributed by atoms with Crippen LogP contribution < -0.4 is 0 Å². The second-order valence-corrected chi connectivity index (χ2v) is 5.84. The van der Waals surface area contributed by atoms with E-state index in [4.69, 9.17) is 5.26 Å². The minimum atomic E-state index is -0.0902. The Balaban J connectivity index is 1.72. The lowest BCUT2D eigenvalue weighted by atomic mass is 9.97. The zero-order valence-corrected chi connectivity index (χ0v) is 12.6. The van der Waals surface area contributed by atoms with E-state index in [2.05, 4.69) is 14.5 Å². The summed E-state index contributed by atoms with van der Waals surface area (Å²) in [5, 5.41) is 13.0. The predicted molar refractivity (Wildman–Crippen MR) is 82.7 cm³/mol. The lowest BCUT2D eigenvalue weighted by molar-refractivity contribution is -0.131. The van der Waals surface area contributed by atoms with Crippen molar-refractivity contribution in [2.75, 3.05) is 13.1 Å². The predicted octanol–water partition coefficient (Wildman–Crippen LogP) is 1.60. The third kappa shape index (κ3) is 2.23. The van der Waals surface area contributed by atoms with Crippen LogP contribution in [0.4, 0.5) is 0 Å². The summed E-state index contributed by atoms with van der Waals surface area (Å²) in [6.07, 6.45) is 7.41. The number of hydrogen-bond acceptors (Lipinski definition) is 4. The molecule has 0 radical (unpaired) electrons. The Hall–Kier alpha value is -2.88. The highest BCUT2D eigenvalue weighted by atomic mass is 16.2. The van der Waals surface area contributed by atoms with Crippen LogP contribution in [-0.4, -0.2) is 42.9 Å². The Labute approximate surface area is 132 Å². The van der Waals surface area contributed by atoms with Gasteiger partial charge >= 0.3 is 0 Å². The van der Waals surface area contributed by atoms with E-state index in [1.165, 1.54) is 0 Å². The number of rotatable bonds is 2. The van der Waals surface area contributed by atoms with E-state index in [9.17, 15) is 4.79 Å². The van der Waals surface area contributed by atoms with Crippen LogP contribution in [0.5, 0.6) is 0 Å². The number of imidazole rings is 1. The van der Waals surface area contributed by atoms with Crippen LogP contribution in [0.15, 0.2) is 30.7 Å². The second-order valence-electron chi connectivity index (χ2n) is 5.84. The molecular weight excluding hydrogens is 292 g/mol. The van der Waals surface area contributed by atoms with Gasteiger partial charge < -0.3 is 4.90 Å². The van der Waals surface area contributed by atoms with Gasteiger partial charge in [-0.3, -0.25) is 9.20 Å². The maximum atomic E-state index is 12.0. The number of aromatic nitrogens is 4. The number of nitriles is 1. The van der Waals surface area contributed by atoms with E-state index in [0.717, 1.165) is 36.4 Å². The summed E-state index contributed by atoms with van der Waals surface area (Å²) in [7, 11) is 0. The Morgan fingerprint density at radius 2 is 2.35 bits per heavy atom. The first kappa shape index (κ1) is 13.8. The summed E-state index contributed by atoms with van der Waals surface area (Å²) in [5.74, 6) is 1.04. The zero-order chi connectivity index (χ0) is 15.8. The van der Waals surface area contributed by atoms with Crippen LogP contribution in [0, 0.1) is 11.3 Å². The SMILES string of the molecule is N#CCC(=O)N1CCCC(c2ncc3ccn4nccc4n23)C1. The molecule has 1 amide bonds.